The molecular weight excluding hydrogens is 380 g/mol. The molecule has 1 spiro atoms. The number of hydrogen-bond donors (Lipinski definition) is 2. The number of β-amino-alcohol motifs (C(OH)–C–C–N with tert-alkyl or cyclic N) is 1. The fourth-order valence-electron chi connectivity index (χ4n) is 4.83. The molecule has 1 aliphatic heterocycles. The Morgan fingerprint density at radius 3 is 2.37 bits per heavy atom. The third-order valence-corrected chi connectivity index (χ3v) is 7.13. The lowest BCUT2D eigenvalue weighted by Crippen LogP contribution is -2.51. The van der Waals surface area contributed by atoms with E-state index in [1.54, 1.807) is 0 Å². The van der Waals surface area contributed by atoms with E-state index < -0.39 is 17.7 Å². The maximum Gasteiger partial charge on any atom is 0.325 e. The van der Waals surface area contributed by atoms with E-state index in [1.807, 2.05) is 32.0 Å². The predicted molar refractivity (Wildman–Crippen MR) is 116 cm³/mol. The van der Waals surface area contributed by atoms with Gasteiger partial charge in [0.25, 0.3) is 5.91 Å². The van der Waals surface area contributed by atoms with Gasteiger partial charge in [-0.15, -0.1) is 0 Å². The molecule has 6 nitrogen and oxygen atoms in total. The summed E-state index contributed by atoms with van der Waals surface area (Å²) in [4.78, 5) is 26.8. The Morgan fingerprint density at radius 2 is 1.80 bits per heavy atom. The first-order valence-electron chi connectivity index (χ1n) is 11.1. The zero-order valence-corrected chi connectivity index (χ0v) is 19.0. The number of aliphatic hydroxyl groups is 1. The first kappa shape index (κ1) is 22.6. The van der Waals surface area contributed by atoms with E-state index in [0.717, 1.165) is 30.4 Å². The molecule has 1 saturated heterocycles. The number of urea groups is 1. The molecule has 2 N–H and O–H groups in total. The average molecular weight is 417 g/mol. The molecule has 0 bridgehead atoms. The first-order chi connectivity index (χ1) is 14.1. The van der Waals surface area contributed by atoms with E-state index in [-0.39, 0.29) is 24.5 Å². The molecule has 30 heavy (non-hydrogen) atoms. The van der Waals surface area contributed by atoms with Crippen LogP contribution in [0.4, 0.5) is 4.79 Å². The Balaban J connectivity index is 1.57. The average Bonchev–Trinajstić information content (AvgIpc) is 2.90. The highest BCUT2D eigenvalue weighted by Crippen LogP contribution is 2.45. The van der Waals surface area contributed by atoms with Crippen LogP contribution in [0.25, 0.3) is 0 Å². The van der Waals surface area contributed by atoms with Gasteiger partial charge in [-0.2, -0.15) is 0 Å². The van der Waals surface area contributed by atoms with Crippen molar-refractivity contribution in [3.8, 4) is 5.75 Å². The van der Waals surface area contributed by atoms with Gasteiger partial charge < -0.3 is 15.2 Å². The SMILES string of the molecule is CCC(C)(C)C1CCC2(CC1)NC(=O)N(C[C@H](O)COc1cc(C)cc(C)c1)C2=O. The first-order valence-corrected chi connectivity index (χ1v) is 11.1. The van der Waals surface area contributed by atoms with Gasteiger partial charge in [-0.3, -0.25) is 9.69 Å². The molecule has 1 aromatic rings. The van der Waals surface area contributed by atoms with E-state index in [2.05, 4.69) is 26.1 Å². The standard InChI is InChI=1S/C24H36N2O4/c1-6-23(4,5)18-7-9-24(10-8-18)21(28)26(22(29)25-24)14-19(27)15-30-20-12-16(2)11-17(3)13-20/h11-13,18-19,27H,6-10,14-15H2,1-5H3,(H,25,29)/t18?,19-,24?/m0/s1. The van der Waals surface area contributed by atoms with Crippen LogP contribution >= 0.6 is 0 Å². The zero-order chi connectivity index (χ0) is 22.1. The highest BCUT2D eigenvalue weighted by molar-refractivity contribution is 6.07. The molecule has 166 valence electrons. The van der Waals surface area contributed by atoms with Crippen LogP contribution in [0, 0.1) is 25.2 Å². The molecule has 0 aromatic heterocycles. The van der Waals surface area contributed by atoms with Gasteiger partial charge >= 0.3 is 6.03 Å². The third-order valence-electron chi connectivity index (χ3n) is 7.13. The van der Waals surface area contributed by atoms with Crippen molar-refractivity contribution in [2.24, 2.45) is 11.3 Å². The van der Waals surface area contributed by atoms with Gasteiger partial charge in [0.05, 0.1) is 6.54 Å². The Hall–Kier alpha value is -2.08. The molecule has 1 saturated carbocycles. The monoisotopic (exact) mass is 416 g/mol. The summed E-state index contributed by atoms with van der Waals surface area (Å²) < 4.78 is 5.69. The molecule has 2 fully saturated rings. The van der Waals surface area contributed by atoms with Crippen LogP contribution in [0.3, 0.4) is 0 Å². The van der Waals surface area contributed by atoms with Crippen LogP contribution in [0.1, 0.15) is 64.0 Å². The predicted octanol–water partition coefficient (Wildman–Crippen LogP) is 3.96. The second-order valence-corrected chi connectivity index (χ2v) is 9.83. The van der Waals surface area contributed by atoms with Crippen molar-refractivity contribution in [2.75, 3.05) is 13.2 Å². The molecule has 2 aliphatic rings. The Morgan fingerprint density at radius 1 is 1.20 bits per heavy atom. The summed E-state index contributed by atoms with van der Waals surface area (Å²) in [5.74, 6) is 1.03. The van der Waals surface area contributed by atoms with Gasteiger partial charge in [0.1, 0.15) is 24.0 Å². The summed E-state index contributed by atoms with van der Waals surface area (Å²) in [5, 5.41) is 13.4. The Bertz CT molecular complexity index is 776. The summed E-state index contributed by atoms with van der Waals surface area (Å²) in [6, 6.07) is 5.45. The van der Waals surface area contributed by atoms with Crippen molar-refractivity contribution in [2.45, 2.75) is 78.4 Å². The van der Waals surface area contributed by atoms with E-state index >= 15 is 0 Å². The van der Waals surface area contributed by atoms with Crippen molar-refractivity contribution < 1.29 is 19.4 Å². The number of nitrogens with zero attached hydrogens (tertiary/aromatic N) is 1. The van der Waals surface area contributed by atoms with Gasteiger partial charge in [-0.1, -0.05) is 33.3 Å². The maximum atomic E-state index is 13.1. The molecule has 1 heterocycles. The van der Waals surface area contributed by atoms with Gasteiger partial charge in [0.15, 0.2) is 0 Å². The molecule has 1 atom stereocenters. The summed E-state index contributed by atoms with van der Waals surface area (Å²) in [6.07, 6.45) is 3.35. The summed E-state index contributed by atoms with van der Waals surface area (Å²) >= 11 is 0. The third kappa shape index (κ3) is 4.64. The van der Waals surface area contributed by atoms with E-state index in [9.17, 15) is 14.7 Å². The van der Waals surface area contributed by atoms with Crippen LogP contribution in [-0.2, 0) is 4.79 Å². The number of nitrogens with one attached hydrogen (secondary N) is 1. The molecule has 1 aliphatic carbocycles. The number of ether oxygens (including phenoxy) is 1. The lowest BCUT2D eigenvalue weighted by Gasteiger charge is -2.42. The zero-order valence-electron chi connectivity index (χ0n) is 19.0. The molecule has 0 unspecified atom stereocenters. The number of aliphatic hydroxyl groups excluding tert-OH is 1. The molecule has 6 heteroatoms. The van der Waals surface area contributed by atoms with Crippen LogP contribution in [0.2, 0.25) is 0 Å². The highest BCUT2D eigenvalue weighted by Gasteiger charge is 2.53. The van der Waals surface area contributed by atoms with Crippen LogP contribution < -0.4 is 10.1 Å². The van der Waals surface area contributed by atoms with Crippen LogP contribution in [0.15, 0.2) is 18.2 Å². The molecule has 0 radical (unpaired) electrons. The number of benzene rings is 1. The molecule has 3 rings (SSSR count). The van der Waals surface area contributed by atoms with E-state index in [4.69, 9.17) is 4.74 Å². The van der Waals surface area contributed by atoms with Crippen molar-refractivity contribution in [3.63, 3.8) is 0 Å². The smallest absolute Gasteiger partial charge is 0.325 e. The number of aryl methyl sites for hydroxylation is 2. The Kier molecular flexibility index (Phi) is 6.46. The summed E-state index contributed by atoms with van der Waals surface area (Å²) in [7, 11) is 0. The number of carbonyl (C=O) groups is 2. The molecule has 1 aromatic carbocycles. The number of amides is 3. The van der Waals surface area contributed by atoms with Gasteiger partial charge in [-0.05, 0) is 74.1 Å². The fraction of sp³-hybridized carbons (Fsp3) is 0.667. The minimum absolute atomic E-state index is 0.0275. The van der Waals surface area contributed by atoms with Crippen molar-refractivity contribution in [3.05, 3.63) is 29.3 Å². The van der Waals surface area contributed by atoms with Crippen molar-refractivity contribution in [1.82, 2.24) is 10.2 Å². The summed E-state index contributed by atoms with van der Waals surface area (Å²) in [5.41, 5.74) is 1.61. The fourth-order valence-corrected chi connectivity index (χ4v) is 4.83. The maximum absolute atomic E-state index is 13.1. The van der Waals surface area contributed by atoms with Gasteiger partial charge in [0.2, 0.25) is 0 Å². The van der Waals surface area contributed by atoms with Crippen molar-refractivity contribution >= 4 is 11.9 Å². The number of hydrogen-bond acceptors (Lipinski definition) is 4. The number of carbonyl (C=O) groups excluding carboxylic acids is 2. The molecular formula is C24H36N2O4. The van der Waals surface area contributed by atoms with Gasteiger partial charge in [0, 0.05) is 0 Å². The number of imide groups is 1. The van der Waals surface area contributed by atoms with Crippen molar-refractivity contribution in [1.29, 1.82) is 0 Å². The lowest BCUT2D eigenvalue weighted by molar-refractivity contribution is -0.134. The quantitative estimate of drug-likeness (QED) is 0.660. The summed E-state index contributed by atoms with van der Waals surface area (Å²) in [6.45, 7) is 10.7. The lowest BCUT2D eigenvalue weighted by atomic mass is 9.65. The van der Waals surface area contributed by atoms with E-state index in [0.29, 0.717) is 24.5 Å². The minimum atomic E-state index is -0.939. The number of rotatable bonds is 7. The largest absolute Gasteiger partial charge is 0.491 e. The minimum Gasteiger partial charge on any atom is -0.491 e. The second-order valence-electron chi connectivity index (χ2n) is 9.83. The Labute approximate surface area is 180 Å². The highest BCUT2D eigenvalue weighted by atomic mass is 16.5. The normalized spacial score (nSPS) is 25.5. The van der Waals surface area contributed by atoms with Crippen LogP contribution in [-0.4, -0.2) is 46.7 Å². The molecule has 3 amide bonds. The second kappa shape index (κ2) is 8.58. The van der Waals surface area contributed by atoms with E-state index in [1.165, 1.54) is 4.90 Å². The topological polar surface area (TPSA) is 78.9 Å². The van der Waals surface area contributed by atoms with Crippen LogP contribution in [0.5, 0.6) is 5.75 Å². The van der Waals surface area contributed by atoms with Gasteiger partial charge in [-0.25, -0.2) is 4.79 Å².